The fraction of sp³-hybridized carbons (Fsp3) is 0.333. The van der Waals surface area contributed by atoms with Crippen LogP contribution in [0.5, 0.6) is 0 Å². The Bertz CT molecular complexity index is 342. The summed E-state index contributed by atoms with van der Waals surface area (Å²) in [6, 6.07) is 2.72. The van der Waals surface area contributed by atoms with Crippen molar-refractivity contribution >= 4 is 21.8 Å². The fourth-order valence-corrected chi connectivity index (χ4v) is 1.39. The van der Waals surface area contributed by atoms with E-state index in [4.69, 9.17) is 10.2 Å². The second-order valence-corrected chi connectivity index (χ2v) is 3.72. The van der Waals surface area contributed by atoms with Crippen molar-refractivity contribution in [1.29, 1.82) is 0 Å². The zero-order valence-corrected chi connectivity index (χ0v) is 9.44. The number of nitrogens with zero attached hydrogens (tertiary/aromatic N) is 1. The van der Waals surface area contributed by atoms with E-state index in [1.54, 1.807) is 12.1 Å². The molecule has 0 aromatic carbocycles. The Labute approximate surface area is 95.3 Å². The highest BCUT2D eigenvalue weighted by molar-refractivity contribution is 9.10. The minimum Gasteiger partial charge on any atom is -0.394 e. The molecule has 5 nitrogen and oxygen atoms in total. The molecule has 0 unspecified atom stereocenters. The first-order chi connectivity index (χ1) is 7.19. The average molecular weight is 275 g/mol. The lowest BCUT2D eigenvalue weighted by Crippen LogP contribution is -2.40. The van der Waals surface area contributed by atoms with E-state index in [1.165, 1.54) is 6.20 Å². The maximum Gasteiger partial charge on any atom is 0.271 e. The molecule has 0 saturated carbocycles. The monoisotopic (exact) mass is 274 g/mol. The SMILES string of the molecule is O=C(NC(CO)CO)c1ncccc1Br. The lowest BCUT2D eigenvalue weighted by Gasteiger charge is -2.13. The Hall–Kier alpha value is -0.980. The summed E-state index contributed by atoms with van der Waals surface area (Å²) in [5, 5.41) is 20.0. The summed E-state index contributed by atoms with van der Waals surface area (Å²) in [4.78, 5) is 15.4. The van der Waals surface area contributed by atoms with Crippen molar-refractivity contribution in [1.82, 2.24) is 10.3 Å². The van der Waals surface area contributed by atoms with Gasteiger partial charge in [-0.3, -0.25) is 4.79 Å². The summed E-state index contributed by atoms with van der Waals surface area (Å²) < 4.78 is 0.567. The van der Waals surface area contributed by atoms with E-state index in [9.17, 15) is 4.79 Å². The molecule has 0 aliphatic rings. The summed E-state index contributed by atoms with van der Waals surface area (Å²) >= 11 is 3.18. The van der Waals surface area contributed by atoms with Gasteiger partial charge in [0.2, 0.25) is 0 Å². The fourth-order valence-electron chi connectivity index (χ4n) is 0.956. The number of carbonyl (C=O) groups is 1. The predicted molar refractivity (Wildman–Crippen MR) is 57.4 cm³/mol. The number of hydrogen-bond donors (Lipinski definition) is 3. The van der Waals surface area contributed by atoms with E-state index in [-0.39, 0.29) is 18.9 Å². The van der Waals surface area contributed by atoms with Crippen LogP contribution < -0.4 is 5.32 Å². The van der Waals surface area contributed by atoms with Crippen molar-refractivity contribution in [3.8, 4) is 0 Å². The standard InChI is InChI=1S/C9H11BrN2O3/c10-7-2-1-3-11-8(7)9(15)12-6(4-13)5-14/h1-3,6,13-14H,4-5H2,(H,12,15). The maximum atomic E-state index is 11.6. The van der Waals surface area contributed by atoms with Crippen molar-refractivity contribution in [2.45, 2.75) is 6.04 Å². The van der Waals surface area contributed by atoms with Gasteiger partial charge in [0, 0.05) is 10.7 Å². The number of hydrogen-bond acceptors (Lipinski definition) is 4. The molecular weight excluding hydrogens is 264 g/mol. The third kappa shape index (κ3) is 3.26. The molecule has 1 aromatic heterocycles. The molecule has 0 saturated heterocycles. The Kier molecular flexibility index (Phi) is 4.67. The molecule has 1 amide bonds. The summed E-state index contributed by atoms with van der Waals surface area (Å²) in [6.07, 6.45) is 1.49. The highest BCUT2D eigenvalue weighted by atomic mass is 79.9. The smallest absolute Gasteiger partial charge is 0.271 e. The van der Waals surface area contributed by atoms with Crippen molar-refractivity contribution in [2.75, 3.05) is 13.2 Å². The van der Waals surface area contributed by atoms with Crippen LogP contribution in [0.15, 0.2) is 22.8 Å². The van der Waals surface area contributed by atoms with Gasteiger partial charge in [0.1, 0.15) is 5.69 Å². The van der Waals surface area contributed by atoms with Crippen LogP contribution in [-0.4, -0.2) is 40.4 Å². The van der Waals surface area contributed by atoms with Gasteiger partial charge in [-0.1, -0.05) is 0 Å². The van der Waals surface area contributed by atoms with E-state index < -0.39 is 11.9 Å². The summed E-state index contributed by atoms with van der Waals surface area (Å²) in [7, 11) is 0. The van der Waals surface area contributed by atoms with Crippen molar-refractivity contribution in [2.24, 2.45) is 0 Å². The number of halogens is 1. The lowest BCUT2D eigenvalue weighted by atomic mass is 10.3. The number of carbonyl (C=O) groups excluding carboxylic acids is 1. The Morgan fingerprint density at radius 1 is 1.53 bits per heavy atom. The third-order valence-corrected chi connectivity index (χ3v) is 2.39. The number of rotatable bonds is 4. The van der Waals surface area contributed by atoms with Crippen molar-refractivity contribution in [3.05, 3.63) is 28.5 Å². The van der Waals surface area contributed by atoms with E-state index in [1.807, 2.05) is 0 Å². The molecule has 0 bridgehead atoms. The zero-order valence-electron chi connectivity index (χ0n) is 7.85. The van der Waals surface area contributed by atoms with E-state index >= 15 is 0 Å². The zero-order chi connectivity index (χ0) is 11.3. The molecule has 1 rings (SSSR count). The minimum absolute atomic E-state index is 0.226. The second-order valence-electron chi connectivity index (χ2n) is 2.87. The Morgan fingerprint density at radius 2 is 2.20 bits per heavy atom. The summed E-state index contributed by atoms with van der Waals surface area (Å²) in [6.45, 7) is -0.626. The van der Waals surface area contributed by atoms with Gasteiger partial charge in [-0.25, -0.2) is 4.98 Å². The largest absolute Gasteiger partial charge is 0.394 e. The van der Waals surface area contributed by atoms with Gasteiger partial charge in [-0.2, -0.15) is 0 Å². The molecule has 3 N–H and O–H groups in total. The van der Waals surface area contributed by atoms with Crippen molar-refractivity contribution in [3.63, 3.8) is 0 Å². The van der Waals surface area contributed by atoms with Crippen molar-refractivity contribution < 1.29 is 15.0 Å². The Balaban J connectivity index is 2.73. The highest BCUT2D eigenvalue weighted by Crippen LogP contribution is 2.12. The van der Waals surface area contributed by atoms with Crippen LogP contribution in [0.25, 0.3) is 0 Å². The lowest BCUT2D eigenvalue weighted by molar-refractivity contribution is 0.0873. The number of aromatic nitrogens is 1. The normalized spacial score (nSPS) is 10.4. The van der Waals surface area contributed by atoms with Crippen LogP contribution in [0.1, 0.15) is 10.5 Å². The molecule has 0 spiro atoms. The number of aliphatic hydroxyl groups excluding tert-OH is 2. The molecule has 1 aromatic rings. The van der Waals surface area contributed by atoms with Crippen LogP contribution in [0.4, 0.5) is 0 Å². The first-order valence-corrected chi connectivity index (χ1v) is 5.11. The van der Waals surface area contributed by atoms with Crippen LogP contribution in [0, 0.1) is 0 Å². The maximum absolute atomic E-state index is 11.6. The molecule has 0 atom stereocenters. The van der Waals surface area contributed by atoms with Gasteiger partial charge in [0.05, 0.1) is 19.3 Å². The van der Waals surface area contributed by atoms with Gasteiger partial charge >= 0.3 is 0 Å². The van der Waals surface area contributed by atoms with Crippen LogP contribution in [0.3, 0.4) is 0 Å². The van der Waals surface area contributed by atoms with Crippen LogP contribution in [0.2, 0.25) is 0 Å². The van der Waals surface area contributed by atoms with Gasteiger partial charge in [-0.15, -0.1) is 0 Å². The van der Waals surface area contributed by atoms with Gasteiger partial charge in [0.15, 0.2) is 0 Å². The number of aliphatic hydroxyl groups is 2. The molecule has 0 aliphatic heterocycles. The van der Waals surface area contributed by atoms with E-state index in [2.05, 4.69) is 26.2 Å². The minimum atomic E-state index is -0.661. The van der Waals surface area contributed by atoms with Gasteiger partial charge < -0.3 is 15.5 Å². The van der Waals surface area contributed by atoms with E-state index in [0.717, 1.165) is 0 Å². The molecule has 0 radical (unpaired) electrons. The number of pyridine rings is 1. The van der Waals surface area contributed by atoms with E-state index in [0.29, 0.717) is 4.47 Å². The Morgan fingerprint density at radius 3 is 2.73 bits per heavy atom. The molecular formula is C9H11BrN2O3. The first-order valence-electron chi connectivity index (χ1n) is 4.32. The van der Waals surface area contributed by atoms with Crippen LogP contribution in [-0.2, 0) is 0 Å². The quantitative estimate of drug-likeness (QED) is 0.718. The first kappa shape index (κ1) is 12.1. The predicted octanol–water partition coefficient (Wildman–Crippen LogP) is -0.0729. The summed E-state index contributed by atoms with van der Waals surface area (Å²) in [5.41, 5.74) is 0.226. The molecule has 0 aliphatic carbocycles. The molecule has 6 heteroatoms. The summed E-state index contributed by atoms with van der Waals surface area (Å²) in [5.74, 6) is -0.435. The molecule has 15 heavy (non-hydrogen) atoms. The topological polar surface area (TPSA) is 82.5 Å². The number of amides is 1. The highest BCUT2D eigenvalue weighted by Gasteiger charge is 2.15. The third-order valence-electron chi connectivity index (χ3n) is 1.75. The molecule has 82 valence electrons. The van der Waals surface area contributed by atoms with Gasteiger partial charge in [-0.05, 0) is 28.1 Å². The van der Waals surface area contributed by atoms with Gasteiger partial charge in [0.25, 0.3) is 5.91 Å². The molecule has 1 heterocycles. The second kappa shape index (κ2) is 5.79. The molecule has 0 fully saturated rings. The average Bonchev–Trinajstić information content (AvgIpc) is 2.26. The number of nitrogens with one attached hydrogen (secondary N) is 1. The van der Waals surface area contributed by atoms with Crippen LogP contribution >= 0.6 is 15.9 Å².